The number of carbonyl (C=O) groups is 1. The third-order valence-corrected chi connectivity index (χ3v) is 5.14. The Morgan fingerprint density at radius 2 is 1.86 bits per heavy atom. The number of carbonyl (C=O) groups excluding carboxylic acids is 1. The minimum Gasteiger partial charge on any atom is -0.383 e. The molecule has 2 aromatic heterocycles. The van der Waals surface area contributed by atoms with Gasteiger partial charge >= 0.3 is 0 Å². The van der Waals surface area contributed by atoms with Crippen molar-refractivity contribution in [2.75, 3.05) is 18.6 Å². The Morgan fingerprint density at radius 1 is 1.11 bits per heavy atom. The number of hydrogen-bond donors (Lipinski definition) is 0. The number of aryl methyl sites for hydroxylation is 1. The molecule has 0 spiro atoms. The zero-order chi connectivity index (χ0) is 19.9. The highest BCUT2D eigenvalue weighted by molar-refractivity contribution is 6.12. The highest BCUT2D eigenvalue weighted by Gasteiger charge is 2.45. The molecule has 1 aliphatic heterocycles. The fourth-order valence-corrected chi connectivity index (χ4v) is 3.48. The largest absolute Gasteiger partial charge is 0.383 e. The molecule has 144 valence electrons. The number of fused-ring (bicyclic) bond motifs is 1. The van der Waals surface area contributed by atoms with Gasteiger partial charge < -0.3 is 4.74 Å². The van der Waals surface area contributed by atoms with Crippen molar-refractivity contribution in [3.63, 3.8) is 0 Å². The SMILES string of the molecule is COCCn1ccc(N2C(=O)C(C)(C)c3ccc(-c4cnc(C)nc4)cc32)n1. The monoisotopic (exact) mass is 377 g/mol. The van der Waals surface area contributed by atoms with Gasteiger partial charge in [0.15, 0.2) is 5.82 Å². The van der Waals surface area contributed by atoms with Crippen molar-refractivity contribution in [3.8, 4) is 11.1 Å². The molecule has 3 heterocycles. The van der Waals surface area contributed by atoms with E-state index in [2.05, 4.69) is 15.1 Å². The maximum Gasteiger partial charge on any atom is 0.242 e. The van der Waals surface area contributed by atoms with Gasteiger partial charge in [-0.1, -0.05) is 12.1 Å². The Morgan fingerprint density at radius 3 is 2.57 bits per heavy atom. The summed E-state index contributed by atoms with van der Waals surface area (Å²) < 4.78 is 6.90. The Balaban J connectivity index is 1.77. The molecule has 1 aromatic carbocycles. The molecule has 0 N–H and O–H groups in total. The lowest BCUT2D eigenvalue weighted by Crippen LogP contribution is -2.33. The van der Waals surface area contributed by atoms with Crippen LogP contribution in [0.15, 0.2) is 42.9 Å². The van der Waals surface area contributed by atoms with Crippen LogP contribution in [-0.2, 0) is 21.5 Å². The molecule has 0 bridgehead atoms. The van der Waals surface area contributed by atoms with Gasteiger partial charge in [-0.05, 0) is 38.0 Å². The third-order valence-electron chi connectivity index (χ3n) is 5.14. The van der Waals surface area contributed by atoms with Crippen LogP contribution in [0.1, 0.15) is 25.2 Å². The van der Waals surface area contributed by atoms with Crippen LogP contribution in [0, 0.1) is 6.92 Å². The smallest absolute Gasteiger partial charge is 0.242 e. The highest BCUT2D eigenvalue weighted by atomic mass is 16.5. The van der Waals surface area contributed by atoms with Crippen LogP contribution in [-0.4, -0.2) is 39.4 Å². The van der Waals surface area contributed by atoms with E-state index in [9.17, 15) is 4.79 Å². The van der Waals surface area contributed by atoms with Crippen molar-refractivity contribution in [1.29, 1.82) is 0 Å². The maximum absolute atomic E-state index is 13.2. The number of hydrogen-bond acceptors (Lipinski definition) is 5. The van der Waals surface area contributed by atoms with Crippen LogP contribution in [0.25, 0.3) is 11.1 Å². The number of amides is 1. The van der Waals surface area contributed by atoms with Crippen molar-refractivity contribution in [2.45, 2.75) is 32.7 Å². The molecule has 0 aliphatic carbocycles. The van der Waals surface area contributed by atoms with Crippen molar-refractivity contribution in [3.05, 3.63) is 54.2 Å². The van der Waals surface area contributed by atoms with Gasteiger partial charge in [0.25, 0.3) is 0 Å². The van der Waals surface area contributed by atoms with E-state index in [0.29, 0.717) is 19.0 Å². The van der Waals surface area contributed by atoms with Gasteiger partial charge in [0.05, 0.1) is 24.3 Å². The number of benzene rings is 1. The van der Waals surface area contributed by atoms with Gasteiger partial charge in [-0.25, -0.2) is 9.97 Å². The average Bonchev–Trinajstić information content (AvgIpc) is 3.22. The number of anilines is 2. The van der Waals surface area contributed by atoms with Crippen molar-refractivity contribution in [1.82, 2.24) is 19.7 Å². The second kappa shape index (κ2) is 6.83. The lowest BCUT2D eigenvalue weighted by Gasteiger charge is -2.18. The lowest BCUT2D eigenvalue weighted by atomic mass is 9.85. The summed E-state index contributed by atoms with van der Waals surface area (Å²) in [6.45, 7) is 6.95. The van der Waals surface area contributed by atoms with Crippen molar-refractivity contribution in [2.24, 2.45) is 0 Å². The Hall–Kier alpha value is -3.06. The first kappa shape index (κ1) is 18.3. The van der Waals surface area contributed by atoms with E-state index < -0.39 is 5.41 Å². The molecule has 0 atom stereocenters. The topological polar surface area (TPSA) is 73.1 Å². The number of aromatic nitrogens is 4. The normalized spacial score (nSPS) is 15.1. The van der Waals surface area contributed by atoms with Gasteiger partial charge in [0.1, 0.15) is 5.82 Å². The van der Waals surface area contributed by atoms with Crippen LogP contribution in [0.4, 0.5) is 11.5 Å². The van der Waals surface area contributed by atoms with E-state index in [0.717, 1.165) is 28.2 Å². The lowest BCUT2D eigenvalue weighted by molar-refractivity contribution is -0.121. The first-order chi connectivity index (χ1) is 13.4. The summed E-state index contributed by atoms with van der Waals surface area (Å²) in [6.07, 6.45) is 5.47. The van der Waals surface area contributed by atoms with E-state index in [4.69, 9.17) is 4.74 Å². The summed E-state index contributed by atoms with van der Waals surface area (Å²) in [7, 11) is 1.66. The van der Waals surface area contributed by atoms with Crippen LogP contribution in [0.3, 0.4) is 0 Å². The Kier molecular flexibility index (Phi) is 4.47. The summed E-state index contributed by atoms with van der Waals surface area (Å²) in [6, 6.07) is 7.91. The zero-order valence-electron chi connectivity index (χ0n) is 16.5. The first-order valence-corrected chi connectivity index (χ1v) is 9.22. The third kappa shape index (κ3) is 2.97. The van der Waals surface area contributed by atoms with E-state index in [1.165, 1.54) is 0 Å². The molecule has 7 nitrogen and oxygen atoms in total. The first-order valence-electron chi connectivity index (χ1n) is 9.22. The second-order valence-corrected chi connectivity index (χ2v) is 7.45. The summed E-state index contributed by atoms with van der Waals surface area (Å²) in [4.78, 5) is 23.5. The van der Waals surface area contributed by atoms with Crippen LogP contribution in [0.5, 0.6) is 0 Å². The summed E-state index contributed by atoms with van der Waals surface area (Å²) in [5.41, 5.74) is 3.10. The molecule has 3 aromatic rings. The number of methoxy groups -OCH3 is 1. The highest BCUT2D eigenvalue weighted by Crippen LogP contribution is 2.46. The van der Waals surface area contributed by atoms with Gasteiger partial charge in [-0.3, -0.25) is 14.4 Å². The van der Waals surface area contributed by atoms with E-state index >= 15 is 0 Å². The number of ether oxygens (including phenoxy) is 1. The molecule has 7 heteroatoms. The zero-order valence-corrected chi connectivity index (χ0v) is 16.5. The van der Waals surface area contributed by atoms with Crippen LogP contribution < -0.4 is 4.90 Å². The van der Waals surface area contributed by atoms with E-state index in [1.54, 1.807) is 29.1 Å². The van der Waals surface area contributed by atoms with Gasteiger partial charge in [-0.15, -0.1) is 0 Å². The summed E-state index contributed by atoms with van der Waals surface area (Å²) >= 11 is 0. The average molecular weight is 377 g/mol. The molecule has 1 aliphatic rings. The quantitative estimate of drug-likeness (QED) is 0.682. The van der Waals surface area contributed by atoms with Crippen molar-refractivity contribution < 1.29 is 9.53 Å². The van der Waals surface area contributed by atoms with Gasteiger partial charge in [0, 0.05) is 37.3 Å². The summed E-state index contributed by atoms with van der Waals surface area (Å²) in [5, 5.41) is 4.58. The molecule has 0 unspecified atom stereocenters. The van der Waals surface area contributed by atoms with E-state index in [1.807, 2.05) is 51.2 Å². The second-order valence-electron chi connectivity index (χ2n) is 7.45. The molecule has 28 heavy (non-hydrogen) atoms. The molecular formula is C21H23N5O2. The molecule has 0 saturated carbocycles. The fraction of sp³-hybridized carbons (Fsp3) is 0.333. The van der Waals surface area contributed by atoms with Gasteiger partial charge in [-0.2, -0.15) is 5.10 Å². The fourth-order valence-electron chi connectivity index (χ4n) is 3.48. The van der Waals surface area contributed by atoms with Gasteiger partial charge in [0.2, 0.25) is 5.91 Å². The maximum atomic E-state index is 13.2. The minimum absolute atomic E-state index is 0.0109. The predicted molar refractivity (Wildman–Crippen MR) is 106 cm³/mol. The van der Waals surface area contributed by atoms with Crippen LogP contribution >= 0.6 is 0 Å². The summed E-state index contributed by atoms with van der Waals surface area (Å²) in [5.74, 6) is 1.35. The number of rotatable bonds is 5. The van der Waals surface area contributed by atoms with Crippen molar-refractivity contribution >= 4 is 17.4 Å². The molecule has 0 fully saturated rings. The molecule has 0 saturated heterocycles. The minimum atomic E-state index is -0.617. The van der Waals surface area contributed by atoms with Crippen LogP contribution in [0.2, 0.25) is 0 Å². The molecule has 4 rings (SSSR count). The molecule has 1 amide bonds. The molecular weight excluding hydrogens is 354 g/mol. The van der Waals surface area contributed by atoms with E-state index in [-0.39, 0.29) is 5.91 Å². The Bertz CT molecular complexity index is 1020. The Labute approximate surface area is 164 Å². The predicted octanol–water partition coefficient (Wildman–Crippen LogP) is 3.25. The molecule has 0 radical (unpaired) electrons. The standard InChI is InChI=1S/C21H23N5O2/c1-14-22-12-16(13-23-14)15-5-6-17-18(11-15)26(20(27)21(17,2)3)19-7-8-25(24-19)9-10-28-4/h5-8,11-13H,9-10H2,1-4H3. The number of nitrogens with zero attached hydrogens (tertiary/aromatic N) is 5.